The summed E-state index contributed by atoms with van der Waals surface area (Å²) in [6, 6.07) is 46.2. The normalized spacial score (nSPS) is 13.5. The van der Waals surface area contributed by atoms with E-state index in [9.17, 15) is 26.7 Å². The fourth-order valence-electron chi connectivity index (χ4n) is 10.5. The van der Waals surface area contributed by atoms with Crippen LogP contribution in [0.2, 0.25) is 0 Å². The summed E-state index contributed by atoms with van der Waals surface area (Å²) in [5, 5.41) is 39.7. The molecule has 31 nitrogen and oxygen atoms in total. The van der Waals surface area contributed by atoms with Crippen LogP contribution < -0.4 is 78.4 Å². The molecule has 4 fully saturated rings. The van der Waals surface area contributed by atoms with E-state index in [1.807, 2.05) is 102 Å². The number of nitrogens with two attached hydrogens (primary N) is 5. The van der Waals surface area contributed by atoms with Gasteiger partial charge in [-0.1, -0.05) is 55.3 Å². The lowest BCUT2D eigenvalue weighted by Gasteiger charge is -2.15. The molecule has 41 heteroatoms. The minimum Gasteiger partial charge on any atom is -0.497 e. The van der Waals surface area contributed by atoms with Crippen LogP contribution in [-0.2, 0) is 17.8 Å². The minimum atomic E-state index is -0.559. The van der Waals surface area contributed by atoms with Crippen molar-refractivity contribution >= 4 is 91.8 Å². The predicted molar refractivity (Wildman–Crippen MR) is 487 cm³/mol. The quantitative estimate of drug-likeness (QED) is 0.0162. The van der Waals surface area contributed by atoms with E-state index in [1.54, 1.807) is 76.4 Å². The molecule has 0 radical (unpaired) electrons. The zero-order valence-electron chi connectivity index (χ0n) is 70.0. The van der Waals surface area contributed by atoms with Gasteiger partial charge in [-0.3, -0.25) is 15.2 Å². The molecule has 0 spiro atoms. The van der Waals surface area contributed by atoms with Gasteiger partial charge in [-0.2, -0.15) is 19.9 Å². The van der Waals surface area contributed by atoms with Crippen LogP contribution in [0.1, 0.15) is 101 Å². The van der Waals surface area contributed by atoms with Gasteiger partial charge in [0.25, 0.3) is 11.8 Å². The van der Waals surface area contributed by atoms with E-state index in [1.165, 1.54) is 12.8 Å². The molecular formula is C86H105Cl5F5N21O10. The molecular weight excluding hydrogens is 1760 g/mol. The Morgan fingerprint density at radius 2 is 0.874 bits per heavy atom. The van der Waals surface area contributed by atoms with Crippen LogP contribution in [0.5, 0.6) is 34.5 Å². The lowest BCUT2D eigenvalue weighted by atomic mass is 9.96. The number of nitrogens with zero attached hydrogens (tertiary/aromatic N) is 11. The van der Waals surface area contributed by atoms with Crippen molar-refractivity contribution in [1.29, 1.82) is 0 Å². The first-order chi connectivity index (χ1) is 59.3. The Hall–Kier alpha value is -11.7. The number of halogens is 10. The second-order valence-corrected chi connectivity index (χ2v) is 29.6. The van der Waals surface area contributed by atoms with E-state index in [2.05, 4.69) is 72.0 Å². The van der Waals surface area contributed by atoms with Gasteiger partial charge in [-0.05, 0) is 189 Å². The number of hydrogen-bond acceptors (Lipinski definition) is 28. The van der Waals surface area contributed by atoms with Gasteiger partial charge < -0.3 is 86.5 Å². The minimum absolute atomic E-state index is 0. The fraction of sp³-hybridized carbons (Fsp3) is 0.337. The van der Waals surface area contributed by atoms with E-state index in [-0.39, 0.29) is 146 Å². The number of amides is 1. The third kappa shape index (κ3) is 34.2. The highest BCUT2D eigenvalue weighted by Gasteiger charge is 2.30. The highest BCUT2D eigenvalue weighted by Crippen LogP contribution is 2.39. The van der Waals surface area contributed by atoms with Gasteiger partial charge >= 0.3 is 6.01 Å². The monoisotopic (exact) mass is 1860 g/mol. The number of aromatic nitrogens is 12. The summed E-state index contributed by atoms with van der Waals surface area (Å²) in [4.78, 5) is 29.6. The number of anilines is 4. The van der Waals surface area contributed by atoms with Crippen molar-refractivity contribution < 1.29 is 68.6 Å². The standard InChI is InChI=1S/C23H26FN5O2.C17H21FN4O3.C16H18FN3O2.C15H18FN5O.C15H17FN4O2.5ClH/c1-30-20-8-2-16(3-9-20)14-29-22(27-23(28-29)26-19-6-7-19)18-4-10-21(11-5-18)31-15-17(12-24)13-25;1-17(2,3)15(23)21-16-20-14(25-22-16)12-4-6-13(7-5-12)24-10-11(8-18)9-19;17-8-12(9-18)10-21-14-5-1-11(2-6-14)7-15-19-16(20-22-15)13-3-4-13;16-7-10(8-17)9-22-13-5-1-11(2-6-13)14-19-15(21-20-14)18-12-3-4-12;16-7-10(8-17)9-21-13-5-1-11(2-6-13)14-19-20-15(22-14)18-12-3-4-12;;;;;/h2-5,8-12,19H,6-7,13-15,25H2,1H3,(H,26,28);4-8H,9-10,19H2,1-3H3,(H,21,22,23);1-2,5-6,8,13H,3-4,7,9-10,18H2;1-2,5-7,12H,3-4,8-9,17H2,(H2,18,19,20,21);1-2,5-7,12H,3-4,8-9,17H2,(H,18,20);5*1H/b17-12+;11-8+;12-8+;2*10-7+;;;;;. The summed E-state index contributed by atoms with van der Waals surface area (Å²) in [7, 11) is 1.65. The molecule has 0 bridgehead atoms. The van der Waals surface area contributed by atoms with E-state index in [0.717, 1.165) is 83.7 Å². The van der Waals surface area contributed by atoms with Gasteiger partial charge in [0.1, 0.15) is 67.5 Å². The number of H-pyrrole nitrogens is 1. The zero-order valence-corrected chi connectivity index (χ0v) is 74.1. The fourth-order valence-corrected chi connectivity index (χ4v) is 10.5. The number of aromatic amines is 1. The lowest BCUT2D eigenvalue weighted by Crippen LogP contribution is -2.28. The van der Waals surface area contributed by atoms with Gasteiger partial charge in [-0.25, -0.2) is 26.6 Å². The molecule has 0 saturated heterocycles. The number of ether oxygens (including phenoxy) is 6. The molecule has 11 aromatic rings. The highest BCUT2D eigenvalue weighted by atomic mass is 35.5. The Bertz CT molecular complexity index is 5130. The predicted octanol–water partition coefficient (Wildman–Crippen LogP) is 16.3. The maximum absolute atomic E-state index is 12.7. The highest BCUT2D eigenvalue weighted by molar-refractivity contribution is 5.93. The number of methoxy groups -OCH3 is 1. The Kier molecular flexibility index (Phi) is 43.5. The molecule has 6 aromatic carbocycles. The molecule has 5 aromatic heterocycles. The summed E-state index contributed by atoms with van der Waals surface area (Å²) >= 11 is 0. The molecule has 1 amide bonds. The van der Waals surface area contributed by atoms with Gasteiger partial charge in [0.05, 0.1) is 51.7 Å². The van der Waals surface area contributed by atoms with E-state index >= 15 is 0 Å². The largest absolute Gasteiger partial charge is 0.497 e. The third-order valence-electron chi connectivity index (χ3n) is 18.5. The first kappa shape index (κ1) is 104. The van der Waals surface area contributed by atoms with Crippen molar-refractivity contribution in [2.75, 3.05) is 94.1 Å². The number of benzene rings is 6. The van der Waals surface area contributed by atoms with Crippen molar-refractivity contribution in [2.24, 2.45) is 34.1 Å². The first-order valence-corrected chi connectivity index (χ1v) is 39.5. The first-order valence-electron chi connectivity index (χ1n) is 39.5. The third-order valence-corrected chi connectivity index (χ3v) is 18.5. The summed E-state index contributed by atoms with van der Waals surface area (Å²) < 4.78 is 113. The van der Waals surface area contributed by atoms with E-state index in [4.69, 9.17) is 75.5 Å². The Balaban J connectivity index is 0.000000244. The number of nitrogens with one attached hydrogen (secondary N) is 5. The molecule has 0 atom stereocenters. The molecule has 5 heterocycles. The molecule has 0 aliphatic heterocycles. The second kappa shape index (κ2) is 53.0. The summed E-state index contributed by atoms with van der Waals surface area (Å²) in [6.07, 6.45) is 12.2. The maximum Gasteiger partial charge on any atom is 0.315 e. The summed E-state index contributed by atoms with van der Waals surface area (Å²) in [5.41, 5.74) is 33.8. The lowest BCUT2D eigenvalue weighted by molar-refractivity contribution is -0.123. The Morgan fingerprint density at radius 3 is 1.30 bits per heavy atom. The Labute approximate surface area is 762 Å². The van der Waals surface area contributed by atoms with E-state index in [0.29, 0.717) is 166 Å². The number of carbonyl (C=O) groups excluding carboxylic acids is 1. The van der Waals surface area contributed by atoms with Crippen LogP contribution >= 0.6 is 62.0 Å². The van der Waals surface area contributed by atoms with Gasteiger partial charge in [-0.15, -0.1) is 77.3 Å². The molecule has 0 unspecified atom stereocenters. The van der Waals surface area contributed by atoms with Gasteiger partial charge in [0.2, 0.25) is 29.6 Å². The van der Waals surface area contributed by atoms with Crippen LogP contribution in [-0.4, -0.2) is 157 Å². The average Bonchev–Trinajstić information content (AvgIpc) is 1.67. The number of rotatable bonds is 37. The van der Waals surface area contributed by atoms with Crippen molar-refractivity contribution in [1.82, 2.24) is 60.4 Å². The van der Waals surface area contributed by atoms with Crippen LogP contribution in [0.4, 0.5) is 45.8 Å². The van der Waals surface area contributed by atoms with Crippen molar-refractivity contribution in [3.8, 4) is 80.2 Å². The Morgan fingerprint density at radius 1 is 0.465 bits per heavy atom. The summed E-state index contributed by atoms with van der Waals surface area (Å²) in [5.74, 6) is 9.20. The molecule has 4 aliphatic carbocycles. The number of hydrogen-bond donors (Lipinski definition) is 10. The van der Waals surface area contributed by atoms with Gasteiger partial charge in [0.15, 0.2) is 17.5 Å². The number of carbonyl (C=O) groups is 1. The molecule has 684 valence electrons. The van der Waals surface area contributed by atoms with Crippen LogP contribution in [0.25, 0.3) is 45.7 Å². The molecule has 4 saturated carbocycles. The topological polar surface area (TPSA) is 440 Å². The maximum atomic E-state index is 12.7. The smallest absolute Gasteiger partial charge is 0.315 e. The zero-order chi connectivity index (χ0) is 86.2. The van der Waals surface area contributed by atoms with Crippen molar-refractivity contribution in [2.45, 2.75) is 109 Å². The van der Waals surface area contributed by atoms with Gasteiger partial charge in [0, 0.05) is 112 Å². The second-order valence-electron chi connectivity index (χ2n) is 29.6. The van der Waals surface area contributed by atoms with Crippen LogP contribution in [0.15, 0.2) is 219 Å². The molecule has 15 N–H and O–H groups in total. The van der Waals surface area contributed by atoms with Crippen molar-refractivity contribution in [3.05, 3.63) is 228 Å². The van der Waals surface area contributed by atoms with E-state index < -0.39 is 5.41 Å². The molecule has 15 rings (SSSR count). The van der Waals surface area contributed by atoms with Crippen LogP contribution in [0, 0.1) is 5.41 Å². The molecule has 127 heavy (non-hydrogen) atoms. The summed E-state index contributed by atoms with van der Waals surface area (Å²) in [6.45, 7) is 7.21. The molecule has 4 aliphatic rings. The van der Waals surface area contributed by atoms with Crippen LogP contribution in [0.3, 0.4) is 0 Å². The average molecular weight is 1870 g/mol. The SMILES string of the molecule is CC(C)(C)C(=O)Nc1noc(-c2ccc(OC/C(=C/F)CN)cc2)n1.COc1ccc(Cn2nc(NC3CC3)nc2-c2ccc(OC/C(=C/F)CN)cc2)cc1.Cl.Cl.Cl.Cl.Cl.NC/C(=C\F)COc1ccc(-c2nc(NC3CC3)n[nH]2)cc1.NC/C(=C\F)COc1ccc(-c2nnc(NC3CC3)o2)cc1.NC/C(=C\F)COc1ccc(Cc2nc(C3CC3)no2)cc1. The van der Waals surface area contributed by atoms with Crippen molar-refractivity contribution in [3.63, 3.8) is 0 Å².